The van der Waals surface area contributed by atoms with Crippen LogP contribution in [-0.4, -0.2) is 15.0 Å². The maximum Gasteiger partial charge on any atom is 0.219 e. The molecular formula is C10H9N5O. The van der Waals surface area contributed by atoms with Crippen LogP contribution in [0.4, 0.5) is 11.6 Å². The molecule has 0 fully saturated rings. The lowest BCUT2D eigenvalue weighted by molar-refractivity contribution is 1.16. The van der Waals surface area contributed by atoms with Gasteiger partial charge < -0.3 is 5.73 Å². The van der Waals surface area contributed by atoms with Gasteiger partial charge in [0.25, 0.3) is 0 Å². The van der Waals surface area contributed by atoms with Crippen molar-refractivity contribution < 1.29 is 0 Å². The van der Waals surface area contributed by atoms with Crippen molar-refractivity contribution in [2.45, 2.75) is 6.92 Å². The summed E-state index contributed by atoms with van der Waals surface area (Å²) in [4.78, 5) is 22.3. The van der Waals surface area contributed by atoms with E-state index in [1.807, 2.05) is 0 Å². The van der Waals surface area contributed by atoms with E-state index < -0.39 is 0 Å². The summed E-state index contributed by atoms with van der Waals surface area (Å²) in [5, 5.41) is 2.90. The van der Waals surface area contributed by atoms with E-state index in [2.05, 4.69) is 20.1 Å². The van der Waals surface area contributed by atoms with Gasteiger partial charge in [0.1, 0.15) is 5.69 Å². The van der Waals surface area contributed by atoms with Crippen LogP contribution in [0.5, 0.6) is 0 Å². The smallest absolute Gasteiger partial charge is 0.219 e. The second-order valence-electron chi connectivity index (χ2n) is 3.25. The van der Waals surface area contributed by atoms with Crippen molar-refractivity contribution in [1.82, 2.24) is 15.0 Å². The van der Waals surface area contributed by atoms with Crippen molar-refractivity contribution in [3.8, 4) is 11.1 Å². The lowest BCUT2D eigenvalue weighted by Gasteiger charge is -2.02. The molecule has 80 valence electrons. The molecule has 0 aliphatic rings. The van der Waals surface area contributed by atoms with E-state index in [0.717, 1.165) is 11.1 Å². The largest absolute Gasteiger partial charge is 0.368 e. The van der Waals surface area contributed by atoms with Gasteiger partial charge in [0.05, 0.1) is 5.69 Å². The number of anilines is 1. The molecule has 0 amide bonds. The Morgan fingerprint density at radius 3 is 2.38 bits per heavy atom. The van der Waals surface area contributed by atoms with E-state index in [0.29, 0.717) is 11.4 Å². The van der Waals surface area contributed by atoms with Crippen LogP contribution in [0.2, 0.25) is 0 Å². The zero-order valence-electron chi connectivity index (χ0n) is 8.58. The predicted molar refractivity (Wildman–Crippen MR) is 59.9 cm³/mol. The van der Waals surface area contributed by atoms with Gasteiger partial charge in [-0.3, -0.25) is 4.98 Å². The first kappa shape index (κ1) is 10.2. The maximum atomic E-state index is 10.5. The van der Waals surface area contributed by atoms with E-state index in [9.17, 15) is 4.91 Å². The summed E-state index contributed by atoms with van der Waals surface area (Å²) < 4.78 is 0. The molecule has 2 heterocycles. The average Bonchev–Trinajstić information content (AvgIpc) is 2.31. The molecule has 0 bridgehead atoms. The molecule has 0 aliphatic heterocycles. The van der Waals surface area contributed by atoms with Gasteiger partial charge in [0.15, 0.2) is 0 Å². The quantitative estimate of drug-likeness (QED) is 0.771. The molecule has 2 aromatic heterocycles. The summed E-state index contributed by atoms with van der Waals surface area (Å²) in [6, 6.07) is 1.64. The summed E-state index contributed by atoms with van der Waals surface area (Å²) in [6.07, 6.45) is 4.78. The number of nitroso groups, excluding NO2 is 1. The molecule has 6 nitrogen and oxygen atoms in total. The number of hydrogen-bond acceptors (Lipinski definition) is 6. The Labute approximate surface area is 91.5 Å². The molecule has 0 atom stereocenters. The van der Waals surface area contributed by atoms with Crippen molar-refractivity contribution in [2.24, 2.45) is 5.18 Å². The molecule has 6 heteroatoms. The molecular weight excluding hydrogens is 206 g/mol. The molecule has 16 heavy (non-hydrogen) atoms. The van der Waals surface area contributed by atoms with Crippen LogP contribution in [0.1, 0.15) is 5.69 Å². The van der Waals surface area contributed by atoms with Crippen LogP contribution in [0.3, 0.4) is 0 Å². The highest BCUT2D eigenvalue weighted by Gasteiger charge is 2.04. The fourth-order valence-corrected chi connectivity index (χ4v) is 1.26. The minimum absolute atomic E-state index is 0.206. The average molecular weight is 215 g/mol. The Hall–Kier alpha value is -2.37. The maximum absolute atomic E-state index is 10.5. The molecule has 0 spiro atoms. The van der Waals surface area contributed by atoms with Crippen molar-refractivity contribution in [3.63, 3.8) is 0 Å². The molecule has 2 N–H and O–H groups in total. The van der Waals surface area contributed by atoms with Gasteiger partial charge >= 0.3 is 0 Å². The van der Waals surface area contributed by atoms with Gasteiger partial charge in [-0.25, -0.2) is 9.97 Å². The number of nitrogens with two attached hydrogens (primary N) is 1. The van der Waals surface area contributed by atoms with Crippen LogP contribution < -0.4 is 5.73 Å². The normalized spacial score (nSPS) is 10.1. The highest BCUT2D eigenvalue weighted by molar-refractivity contribution is 5.65. The molecule has 0 aromatic carbocycles. The van der Waals surface area contributed by atoms with Gasteiger partial charge in [0.2, 0.25) is 5.95 Å². The summed E-state index contributed by atoms with van der Waals surface area (Å²) in [5.74, 6) is 0.206. The zero-order chi connectivity index (χ0) is 11.5. The number of nitrogen functional groups attached to an aromatic ring is 1. The first-order valence-corrected chi connectivity index (χ1v) is 4.58. The van der Waals surface area contributed by atoms with E-state index in [1.165, 1.54) is 0 Å². The summed E-state index contributed by atoms with van der Waals surface area (Å²) in [5.41, 5.74) is 7.76. The Balaban J connectivity index is 2.48. The molecule has 0 saturated heterocycles. The minimum atomic E-state index is 0.206. The Kier molecular flexibility index (Phi) is 2.55. The minimum Gasteiger partial charge on any atom is -0.368 e. The first-order chi connectivity index (χ1) is 7.70. The lowest BCUT2D eigenvalue weighted by atomic mass is 10.1. The van der Waals surface area contributed by atoms with Crippen LogP contribution in [-0.2, 0) is 0 Å². The highest BCUT2D eigenvalue weighted by Crippen LogP contribution is 2.24. The molecule has 0 radical (unpaired) electrons. The first-order valence-electron chi connectivity index (χ1n) is 4.58. The van der Waals surface area contributed by atoms with Crippen LogP contribution in [0.25, 0.3) is 11.1 Å². The van der Waals surface area contributed by atoms with Gasteiger partial charge in [-0.2, -0.15) is 0 Å². The SMILES string of the molecule is Cc1ncc(-c2cnc(N)nc2)cc1N=O. The van der Waals surface area contributed by atoms with Crippen molar-refractivity contribution in [2.75, 3.05) is 5.73 Å². The van der Waals surface area contributed by atoms with Gasteiger partial charge in [-0.15, -0.1) is 4.91 Å². The van der Waals surface area contributed by atoms with E-state index in [4.69, 9.17) is 5.73 Å². The highest BCUT2D eigenvalue weighted by atomic mass is 16.3. The topological polar surface area (TPSA) is 94.1 Å². The van der Waals surface area contributed by atoms with Gasteiger partial charge in [0, 0.05) is 29.7 Å². The number of hydrogen-bond donors (Lipinski definition) is 1. The number of nitrogens with zero attached hydrogens (tertiary/aromatic N) is 4. The second-order valence-corrected chi connectivity index (χ2v) is 3.25. The molecule has 0 unspecified atom stereocenters. The Bertz CT molecular complexity index is 523. The van der Waals surface area contributed by atoms with Crippen LogP contribution >= 0.6 is 0 Å². The number of rotatable bonds is 2. The predicted octanol–water partition coefficient (Wildman–Crippen LogP) is 1.83. The standard InChI is InChI=1S/C10H9N5O/c1-6-9(15-16)2-7(3-12-6)8-4-13-10(11)14-5-8/h2-5H,1H3,(H2,11,13,14). The van der Waals surface area contributed by atoms with Crippen LogP contribution in [0, 0.1) is 11.8 Å². The molecule has 2 aromatic rings. The third kappa shape index (κ3) is 1.85. The lowest BCUT2D eigenvalue weighted by Crippen LogP contribution is -1.94. The fourth-order valence-electron chi connectivity index (χ4n) is 1.26. The Morgan fingerprint density at radius 1 is 1.12 bits per heavy atom. The zero-order valence-corrected chi connectivity index (χ0v) is 8.58. The monoisotopic (exact) mass is 215 g/mol. The van der Waals surface area contributed by atoms with E-state index >= 15 is 0 Å². The number of aromatic nitrogens is 3. The van der Waals surface area contributed by atoms with Crippen molar-refractivity contribution >= 4 is 11.6 Å². The molecule has 0 saturated carbocycles. The van der Waals surface area contributed by atoms with E-state index in [-0.39, 0.29) is 5.95 Å². The summed E-state index contributed by atoms with van der Waals surface area (Å²) in [7, 11) is 0. The number of pyridine rings is 1. The van der Waals surface area contributed by atoms with Crippen molar-refractivity contribution in [3.05, 3.63) is 35.3 Å². The summed E-state index contributed by atoms with van der Waals surface area (Å²) in [6.45, 7) is 1.72. The summed E-state index contributed by atoms with van der Waals surface area (Å²) >= 11 is 0. The third-order valence-corrected chi connectivity index (χ3v) is 2.16. The van der Waals surface area contributed by atoms with Crippen LogP contribution in [0.15, 0.2) is 29.8 Å². The fraction of sp³-hybridized carbons (Fsp3) is 0.100. The van der Waals surface area contributed by atoms with Gasteiger partial charge in [-0.05, 0) is 18.2 Å². The Morgan fingerprint density at radius 2 is 1.75 bits per heavy atom. The van der Waals surface area contributed by atoms with Gasteiger partial charge in [-0.1, -0.05) is 0 Å². The molecule has 0 aliphatic carbocycles. The van der Waals surface area contributed by atoms with Crippen molar-refractivity contribution in [1.29, 1.82) is 0 Å². The third-order valence-electron chi connectivity index (χ3n) is 2.16. The second kappa shape index (κ2) is 4.01. The number of aryl methyl sites for hydroxylation is 1. The molecule has 2 rings (SSSR count). The van der Waals surface area contributed by atoms with E-state index in [1.54, 1.807) is 31.6 Å².